The lowest BCUT2D eigenvalue weighted by Crippen LogP contribution is -2.31. The van der Waals surface area contributed by atoms with Crippen molar-refractivity contribution in [2.75, 3.05) is 13.1 Å². The largest absolute Gasteiger partial charge is 0.355 e. The highest BCUT2D eigenvalue weighted by Gasteiger charge is 2.13. The molecular weight excluding hydrogens is 256 g/mol. The first-order valence-corrected chi connectivity index (χ1v) is 7.37. The Morgan fingerprint density at radius 3 is 2.74 bits per heavy atom. The summed E-state index contributed by atoms with van der Waals surface area (Å²) in [5, 5.41) is 7.59. The van der Waals surface area contributed by atoms with Crippen LogP contribution in [-0.2, 0) is 4.79 Å². The van der Waals surface area contributed by atoms with Gasteiger partial charge in [0.1, 0.15) is 0 Å². The summed E-state index contributed by atoms with van der Waals surface area (Å²) >= 11 is 1.85. The van der Waals surface area contributed by atoms with Crippen LogP contribution in [0.3, 0.4) is 0 Å². The maximum atomic E-state index is 10.8. The lowest BCUT2D eigenvalue weighted by atomic mass is 10.1. The number of amides is 1. The molecule has 1 unspecified atom stereocenters. The molecule has 0 fully saturated rings. The number of rotatable bonds is 5. The molecule has 0 aliphatic carbocycles. The Labute approximate surface area is 118 Å². The second kappa shape index (κ2) is 6.17. The first-order valence-electron chi connectivity index (χ1n) is 6.55. The molecule has 102 valence electrons. The normalized spacial score (nSPS) is 12.6. The van der Waals surface area contributed by atoms with Gasteiger partial charge in [0.15, 0.2) is 0 Å². The van der Waals surface area contributed by atoms with Gasteiger partial charge in [-0.3, -0.25) is 4.79 Å². The molecule has 1 atom stereocenters. The van der Waals surface area contributed by atoms with Gasteiger partial charge in [0.2, 0.25) is 5.91 Å². The number of hydrogen-bond acceptors (Lipinski definition) is 3. The van der Waals surface area contributed by atoms with Crippen molar-refractivity contribution < 1.29 is 4.79 Å². The first kappa shape index (κ1) is 14.0. The van der Waals surface area contributed by atoms with Crippen LogP contribution < -0.4 is 10.6 Å². The van der Waals surface area contributed by atoms with Gasteiger partial charge in [-0.15, -0.1) is 11.3 Å². The average molecular weight is 276 g/mol. The zero-order valence-corrected chi connectivity index (χ0v) is 12.4. The number of nitrogens with one attached hydrogen (secondary N) is 2. The molecule has 0 saturated carbocycles. The van der Waals surface area contributed by atoms with E-state index < -0.39 is 0 Å². The number of aryl methyl sites for hydroxylation is 1. The Morgan fingerprint density at radius 1 is 1.32 bits per heavy atom. The SMILES string of the molecule is CC(=O)NCCNC(C)c1sc2ccccc2c1C. The molecule has 0 saturated heterocycles. The summed E-state index contributed by atoms with van der Waals surface area (Å²) in [5.74, 6) is 0.0208. The van der Waals surface area contributed by atoms with Gasteiger partial charge in [-0.25, -0.2) is 0 Å². The standard InChI is InChI=1S/C15H20N2OS/c1-10-13-6-4-5-7-14(13)19-15(10)11(2)16-8-9-17-12(3)18/h4-7,11,16H,8-9H2,1-3H3,(H,17,18). The highest BCUT2D eigenvalue weighted by atomic mass is 32.1. The van der Waals surface area contributed by atoms with Crippen molar-refractivity contribution in [2.24, 2.45) is 0 Å². The van der Waals surface area contributed by atoms with E-state index in [1.807, 2.05) is 11.3 Å². The number of carbonyl (C=O) groups excluding carboxylic acids is 1. The molecule has 1 amide bonds. The van der Waals surface area contributed by atoms with Crippen LogP contribution in [0.5, 0.6) is 0 Å². The highest BCUT2D eigenvalue weighted by Crippen LogP contribution is 2.34. The predicted octanol–water partition coefficient (Wildman–Crippen LogP) is 3.00. The number of thiophene rings is 1. The molecule has 0 aliphatic rings. The molecule has 0 spiro atoms. The van der Waals surface area contributed by atoms with Gasteiger partial charge in [-0.1, -0.05) is 18.2 Å². The lowest BCUT2D eigenvalue weighted by Gasteiger charge is -2.13. The number of benzene rings is 1. The van der Waals surface area contributed by atoms with Gasteiger partial charge < -0.3 is 10.6 Å². The van der Waals surface area contributed by atoms with Crippen molar-refractivity contribution >= 4 is 27.3 Å². The molecule has 0 aliphatic heterocycles. The predicted molar refractivity (Wildman–Crippen MR) is 81.7 cm³/mol. The first-order chi connectivity index (χ1) is 9.09. The van der Waals surface area contributed by atoms with Crippen molar-refractivity contribution in [2.45, 2.75) is 26.8 Å². The van der Waals surface area contributed by atoms with E-state index >= 15 is 0 Å². The summed E-state index contributed by atoms with van der Waals surface area (Å²) in [4.78, 5) is 12.2. The molecule has 19 heavy (non-hydrogen) atoms. The molecule has 2 N–H and O–H groups in total. The van der Waals surface area contributed by atoms with E-state index in [-0.39, 0.29) is 5.91 Å². The smallest absolute Gasteiger partial charge is 0.216 e. The van der Waals surface area contributed by atoms with E-state index in [0.29, 0.717) is 12.6 Å². The van der Waals surface area contributed by atoms with E-state index in [1.165, 1.54) is 20.5 Å². The van der Waals surface area contributed by atoms with E-state index in [9.17, 15) is 4.79 Å². The second-order valence-corrected chi connectivity index (χ2v) is 5.83. The van der Waals surface area contributed by atoms with Crippen molar-refractivity contribution in [1.29, 1.82) is 0 Å². The molecule has 1 aromatic heterocycles. The van der Waals surface area contributed by atoms with Crippen molar-refractivity contribution in [1.82, 2.24) is 10.6 Å². The maximum Gasteiger partial charge on any atom is 0.216 e. The highest BCUT2D eigenvalue weighted by molar-refractivity contribution is 7.19. The van der Waals surface area contributed by atoms with E-state index in [0.717, 1.165) is 6.54 Å². The van der Waals surface area contributed by atoms with Crippen LogP contribution >= 0.6 is 11.3 Å². The Morgan fingerprint density at radius 2 is 2.05 bits per heavy atom. The van der Waals surface area contributed by atoms with Gasteiger partial charge in [0.25, 0.3) is 0 Å². The minimum absolute atomic E-state index is 0.0208. The van der Waals surface area contributed by atoms with Gasteiger partial charge in [0.05, 0.1) is 0 Å². The quantitative estimate of drug-likeness (QED) is 0.824. The van der Waals surface area contributed by atoms with Gasteiger partial charge in [0, 0.05) is 35.6 Å². The third-order valence-corrected chi connectivity index (χ3v) is 4.68. The van der Waals surface area contributed by atoms with Crippen LogP contribution in [0.15, 0.2) is 24.3 Å². The second-order valence-electron chi connectivity index (χ2n) is 4.75. The summed E-state index contributed by atoms with van der Waals surface area (Å²) in [5.41, 5.74) is 1.36. The molecular formula is C15H20N2OS. The van der Waals surface area contributed by atoms with Gasteiger partial charge >= 0.3 is 0 Å². The van der Waals surface area contributed by atoms with Gasteiger partial charge in [-0.05, 0) is 30.9 Å². The molecule has 0 bridgehead atoms. The third kappa shape index (κ3) is 3.33. The lowest BCUT2D eigenvalue weighted by molar-refractivity contribution is -0.118. The number of hydrogen-bond donors (Lipinski definition) is 2. The van der Waals surface area contributed by atoms with Gasteiger partial charge in [-0.2, -0.15) is 0 Å². The van der Waals surface area contributed by atoms with Crippen LogP contribution in [0.4, 0.5) is 0 Å². The third-order valence-electron chi connectivity index (χ3n) is 3.22. The summed E-state index contributed by atoms with van der Waals surface area (Å²) in [6.07, 6.45) is 0. The summed E-state index contributed by atoms with van der Waals surface area (Å²) in [7, 11) is 0. The van der Waals surface area contributed by atoms with Crippen molar-refractivity contribution in [3.8, 4) is 0 Å². The van der Waals surface area contributed by atoms with E-state index in [2.05, 4.69) is 48.7 Å². The van der Waals surface area contributed by atoms with Crippen LogP contribution in [0, 0.1) is 6.92 Å². The van der Waals surface area contributed by atoms with Crippen molar-refractivity contribution in [3.63, 3.8) is 0 Å². The Kier molecular flexibility index (Phi) is 4.56. The molecule has 1 aromatic carbocycles. The van der Waals surface area contributed by atoms with Crippen LogP contribution in [-0.4, -0.2) is 19.0 Å². The zero-order chi connectivity index (χ0) is 13.8. The molecule has 0 radical (unpaired) electrons. The Hall–Kier alpha value is -1.39. The fraction of sp³-hybridized carbons (Fsp3) is 0.400. The van der Waals surface area contributed by atoms with Crippen molar-refractivity contribution in [3.05, 3.63) is 34.7 Å². The summed E-state index contributed by atoms with van der Waals surface area (Å²) in [6, 6.07) is 8.82. The van der Waals surface area contributed by atoms with Crippen LogP contribution in [0.2, 0.25) is 0 Å². The maximum absolute atomic E-state index is 10.8. The fourth-order valence-corrected chi connectivity index (χ4v) is 3.46. The van der Waals surface area contributed by atoms with E-state index in [1.54, 1.807) is 6.92 Å². The number of carbonyl (C=O) groups is 1. The molecule has 4 heteroatoms. The number of fused-ring (bicyclic) bond motifs is 1. The zero-order valence-electron chi connectivity index (χ0n) is 11.6. The minimum atomic E-state index is 0.0208. The average Bonchev–Trinajstić information content (AvgIpc) is 2.72. The summed E-state index contributed by atoms with van der Waals surface area (Å²) in [6.45, 7) is 7.35. The van der Waals surface area contributed by atoms with E-state index in [4.69, 9.17) is 0 Å². The monoisotopic (exact) mass is 276 g/mol. The molecule has 2 aromatic rings. The summed E-state index contributed by atoms with van der Waals surface area (Å²) < 4.78 is 1.34. The molecule has 3 nitrogen and oxygen atoms in total. The molecule has 2 rings (SSSR count). The molecule has 1 heterocycles. The fourth-order valence-electron chi connectivity index (χ4n) is 2.23. The van der Waals surface area contributed by atoms with Crippen LogP contribution in [0.25, 0.3) is 10.1 Å². The minimum Gasteiger partial charge on any atom is -0.355 e. The Bertz CT molecular complexity index is 577. The topological polar surface area (TPSA) is 41.1 Å². The van der Waals surface area contributed by atoms with Crippen LogP contribution in [0.1, 0.15) is 30.3 Å². The Balaban J connectivity index is 2.03.